The second kappa shape index (κ2) is 6.80. The Hall–Kier alpha value is -0.820. The van der Waals surface area contributed by atoms with E-state index < -0.39 is 0 Å². The van der Waals surface area contributed by atoms with Crippen molar-refractivity contribution in [1.82, 2.24) is 5.32 Å². The molecule has 0 aliphatic carbocycles. The summed E-state index contributed by atoms with van der Waals surface area (Å²) < 4.78 is 6.02. The Kier molecular flexibility index (Phi) is 5.70. The van der Waals surface area contributed by atoms with E-state index in [0.717, 1.165) is 9.32 Å². The average molecular weight is 349 g/mol. The van der Waals surface area contributed by atoms with Crippen LogP contribution < -0.4 is 10.1 Å². The van der Waals surface area contributed by atoms with Gasteiger partial charge in [-0.15, -0.1) is 0 Å². The third kappa shape index (κ3) is 4.16. The lowest BCUT2D eigenvalue weighted by Gasteiger charge is -2.13. The molecule has 0 heterocycles. The van der Waals surface area contributed by atoms with Gasteiger partial charge in [0, 0.05) is 18.2 Å². The first kappa shape index (κ1) is 14.2. The summed E-state index contributed by atoms with van der Waals surface area (Å²) in [5, 5.41) is 11.6. The van der Waals surface area contributed by atoms with Gasteiger partial charge in [0.05, 0.1) is 10.7 Å². The zero-order chi connectivity index (χ0) is 12.8. The molecule has 1 aromatic carbocycles. The van der Waals surface area contributed by atoms with Crippen LogP contribution in [0.3, 0.4) is 0 Å². The van der Waals surface area contributed by atoms with Gasteiger partial charge in [-0.05, 0) is 54.1 Å². The minimum Gasteiger partial charge on any atom is -0.496 e. The van der Waals surface area contributed by atoms with Crippen molar-refractivity contribution < 1.29 is 14.6 Å². The molecule has 1 aromatic rings. The van der Waals surface area contributed by atoms with Crippen molar-refractivity contribution in [3.05, 3.63) is 27.3 Å². The summed E-state index contributed by atoms with van der Waals surface area (Å²) in [6, 6.07) is 5.24. The van der Waals surface area contributed by atoms with E-state index >= 15 is 0 Å². The SMILES string of the molecule is COc1ccc(C(=O)NC(C)CCO)cc1I. The Morgan fingerprint density at radius 3 is 2.82 bits per heavy atom. The van der Waals surface area contributed by atoms with Gasteiger partial charge in [0.1, 0.15) is 5.75 Å². The number of carbonyl (C=O) groups excluding carboxylic acids is 1. The summed E-state index contributed by atoms with van der Waals surface area (Å²) in [5.74, 6) is 0.622. The Bertz CT molecular complexity index is 395. The average Bonchev–Trinajstić information content (AvgIpc) is 2.29. The minimum absolute atomic E-state index is 0.0349. The highest BCUT2D eigenvalue weighted by atomic mass is 127. The number of hydrogen-bond acceptors (Lipinski definition) is 3. The zero-order valence-electron chi connectivity index (χ0n) is 9.87. The van der Waals surface area contributed by atoms with E-state index in [-0.39, 0.29) is 18.6 Å². The number of nitrogens with one attached hydrogen (secondary N) is 1. The predicted molar refractivity (Wildman–Crippen MR) is 74.3 cm³/mol. The van der Waals surface area contributed by atoms with Crippen LogP contribution in [-0.2, 0) is 0 Å². The van der Waals surface area contributed by atoms with Gasteiger partial charge in [-0.1, -0.05) is 0 Å². The molecule has 4 nitrogen and oxygen atoms in total. The van der Waals surface area contributed by atoms with Gasteiger partial charge in [-0.25, -0.2) is 0 Å². The summed E-state index contributed by atoms with van der Waals surface area (Å²) in [7, 11) is 1.60. The topological polar surface area (TPSA) is 58.6 Å². The molecule has 0 spiro atoms. The molecular weight excluding hydrogens is 333 g/mol. The molecule has 0 bridgehead atoms. The molecule has 0 saturated carbocycles. The molecule has 5 heteroatoms. The monoisotopic (exact) mass is 349 g/mol. The Morgan fingerprint density at radius 1 is 1.59 bits per heavy atom. The number of rotatable bonds is 5. The minimum atomic E-state index is -0.133. The standard InChI is InChI=1S/C12H16INO3/c1-8(5-6-15)14-12(16)9-3-4-11(17-2)10(13)7-9/h3-4,7-8,15H,5-6H2,1-2H3,(H,14,16). The van der Waals surface area contributed by atoms with Gasteiger partial charge in [0.25, 0.3) is 5.91 Å². The number of carbonyl (C=O) groups is 1. The number of aliphatic hydroxyl groups excluding tert-OH is 1. The van der Waals surface area contributed by atoms with E-state index in [4.69, 9.17) is 9.84 Å². The maximum Gasteiger partial charge on any atom is 0.251 e. The van der Waals surface area contributed by atoms with Crippen LogP contribution in [0.1, 0.15) is 23.7 Å². The zero-order valence-corrected chi connectivity index (χ0v) is 12.0. The van der Waals surface area contributed by atoms with Crippen molar-refractivity contribution in [1.29, 1.82) is 0 Å². The molecule has 17 heavy (non-hydrogen) atoms. The number of amides is 1. The molecule has 94 valence electrons. The summed E-state index contributed by atoms with van der Waals surface area (Å²) in [6.45, 7) is 1.93. The maximum absolute atomic E-state index is 11.8. The summed E-state index contributed by atoms with van der Waals surface area (Å²) in [5.41, 5.74) is 0.597. The van der Waals surface area contributed by atoms with Gasteiger partial charge in [0.15, 0.2) is 0 Å². The van der Waals surface area contributed by atoms with Crippen molar-refractivity contribution in [2.75, 3.05) is 13.7 Å². The fraction of sp³-hybridized carbons (Fsp3) is 0.417. The molecule has 1 unspecified atom stereocenters. The summed E-state index contributed by atoms with van der Waals surface area (Å²) >= 11 is 2.12. The van der Waals surface area contributed by atoms with Gasteiger partial charge in [-0.3, -0.25) is 4.79 Å². The fourth-order valence-corrected chi connectivity index (χ4v) is 2.12. The van der Waals surface area contributed by atoms with E-state index in [9.17, 15) is 4.79 Å². The highest BCUT2D eigenvalue weighted by Crippen LogP contribution is 2.21. The lowest BCUT2D eigenvalue weighted by molar-refractivity contribution is 0.0934. The van der Waals surface area contributed by atoms with Crippen molar-refractivity contribution in [3.8, 4) is 5.75 Å². The molecule has 1 amide bonds. The molecule has 0 radical (unpaired) electrons. The molecule has 1 atom stereocenters. The Labute approximate surface area is 115 Å². The smallest absolute Gasteiger partial charge is 0.251 e. The molecule has 1 rings (SSSR count). The van der Waals surface area contributed by atoms with E-state index in [0.29, 0.717) is 12.0 Å². The highest BCUT2D eigenvalue weighted by molar-refractivity contribution is 14.1. The van der Waals surface area contributed by atoms with Crippen molar-refractivity contribution in [2.45, 2.75) is 19.4 Å². The van der Waals surface area contributed by atoms with Gasteiger partial charge in [-0.2, -0.15) is 0 Å². The van der Waals surface area contributed by atoms with Gasteiger partial charge < -0.3 is 15.2 Å². The van der Waals surface area contributed by atoms with Crippen LogP contribution in [-0.4, -0.2) is 30.8 Å². The molecule has 0 aliphatic heterocycles. The first-order valence-corrected chi connectivity index (χ1v) is 6.41. The first-order valence-electron chi connectivity index (χ1n) is 5.33. The number of halogens is 1. The van der Waals surface area contributed by atoms with E-state index in [1.54, 1.807) is 25.3 Å². The van der Waals surface area contributed by atoms with E-state index in [1.165, 1.54) is 0 Å². The second-order valence-corrected chi connectivity index (χ2v) is 4.90. The number of methoxy groups -OCH3 is 1. The largest absolute Gasteiger partial charge is 0.496 e. The molecule has 2 N–H and O–H groups in total. The Morgan fingerprint density at radius 2 is 2.29 bits per heavy atom. The van der Waals surface area contributed by atoms with E-state index in [1.807, 2.05) is 6.92 Å². The van der Waals surface area contributed by atoms with Crippen molar-refractivity contribution in [3.63, 3.8) is 0 Å². The van der Waals surface area contributed by atoms with Crippen LogP contribution in [0, 0.1) is 3.57 Å². The van der Waals surface area contributed by atoms with Crippen molar-refractivity contribution in [2.24, 2.45) is 0 Å². The van der Waals surface area contributed by atoms with E-state index in [2.05, 4.69) is 27.9 Å². The molecular formula is C12H16INO3. The molecule has 0 fully saturated rings. The number of benzene rings is 1. The van der Waals surface area contributed by atoms with Gasteiger partial charge >= 0.3 is 0 Å². The molecule has 0 aromatic heterocycles. The van der Waals surface area contributed by atoms with Crippen LogP contribution in [0.25, 0.3) is 0 Å². The second-order valence-electron chi connectivity index (χ2n) is 3.74. The van der Waals surface area contributed by atoms with Crippen LogP contribution in [0.2, 0.25) is 0 Å². The lowest BCUT2D eigenvalue weighted by Crippen LogP contribution is -2.33. The number of ether oxygens (including phenoxy) is 1. The predicted octanol–water partition coefficient (Wildman–Crippen LogP) is 1.80. The van der Waals surface area contributed by atoms with Crippen LogP contribution >= 0.6 is 22.6 Å². The normalized spacial score (nSPS) is 12.0. The molecule has 0 saturated heterocycles. The third-order valence-corrected chi connectivity index (χ3v) is 3.20. The van der Waals surface area contributed by atoms with Gasteiger partial charge in [0.2, 0.25) is 0 Å². The maximum atomic E-state index is 11.8. The van der Waals surface area contributed by atoms with Crippen LogP contribution in [0.4, 0.5) is 0 Å². The quantitative estimate of drug-likeness (QED) is 0.797. The third-order valence-electron chi connectivity index (χ3n) is 2.35. The first-order chi connectivity index (χ1) is 8.08. The van der Waals surface area contributed by atoms with Crippen LogP contribution in [0.5, 0.6) is 5.75 Å². The number of hydrogen-bond donors (Lipinski definition) is 2. The highest BCUT2D eigenvalue weighted by Gasteiger charge is 2.11. The fourth-order valence-electron chi connectivity index (χ4n) is 1.38. The lowest BCUT2D eigenvalue weighted by atomic mass is 10.1. The van der Waals surface area contributed by atoms with Crippen molar-refractivity contribution >= 4 is 28.5 Å². The molecule has 0 aliphatic rings. The summed E-state index contributed by atoms with van der Waals surface area (Å²) in [6.07, 6.45) is 0.555. The van der Waals surface area contributed by atoms with Crippen LogP contribution in [0.15, 0.2) is 18.2 Å². The number of aliphatic hydroxyl groups is 1. The summed E-state index contributed by atoms with van der Waals surface area (Å²) in [4.78, 5) is 11.8. The Balaban J connectivity index is 2.72.